The molecule has 184 valence electrons. The summed E-state index contributed by atoms with van der Waals surface area (Å²) >= 11 is 0. The van der Waals surface area contributed by atoms with Crippen LogP contribution in [0.25, 0.3) is 0 Å². The molecule has 0 radical (unpaired) electrons. The van der Waals surface area contributed by atoms with Crippen LogP contribution in [0.1, 0.15) is 44.0 Å². The molecule has 1 aromatic heterocycles. The number of likely N-dealkylation sites (tertiary alicyclic amines) is 1. The van der Waals surface area contributed by atoms with Crippen molar-refractivity contribution in [1.29, 1.82) is 0 Å². The third-order valence-electron chi connectivity index (χ3n) is 5.97. The summed E-state index contributed by atoms with van der Waals surface area (Å²) in [5.41, 5.74) is 0.580. The van der Waals surface area contributed by atoms with E-state index in [1.807, 2.05) is 0 Å². The molecule has 0 saturated carbocycles. The van der Waals surface area contributed by atoms with Crippen LogP contribution in [0.5, 0.6) is 11.5 Å². The molecule has 2 aliphatic heterocycles. The molecule has 3 amide bonds. The van der Waals surface area contributed by atoms with Gasteiger partial charge < -0.3 is 25.0 Å². The fraction of sp³-hybridized carbons (Fsp3) is 0.240. The predicted molar refractivity (Wildman–Crippen MR) is 125 cm³/mol. The lowest BCUT2D eigenvalue weighted by atomic mass is 10.0. The second-order valence-electron chi connectivity index (χ2n) is 8.33. The van der Waals surface area contributed by atoms with Crippen LogP contribution in [0.3, 0.4) is 0 Å². The van der Waals surface area contributed by atoms with Crippen LogP contribution in [0.2, 0.25) is 0 Å². The van der Waals surface area contributed by atoms with Gasteiger partial charge in [0.05, 0.1) is 0 Å². The zero-order chi connectivity index (χ0) is 25.1. The Morgan fingerprint density at radius 1 is 0.917 bits per heavy atom. The van der Waals surface area contributed by atoms with Crippen LogP contribution in [0.4, 0.5) is 10.2 Å². The fourth-order valence-corrected chi connectivity index (χ4v) is 4.10. The van der Waals surface area contributed by atoms with Gasteiger partial charge in [0.2, 0.25) is 6.79 Å². The zero-order valence-electron chi connectivity index (χ0n) is 19.1. The Bertz CT molecular complexity index is 1330. The van der Waals surface area contributed by atoms with E-state index in [0.29, 0.717) is 48.6 Å². The Labute approximate surface area is 205 Å². The Morgan fingerprint density at radius 2 is 1.69 bits per heavy atom. The zero-order valence-corrected chi connectivity index (χ0v) is 19.1. The first kappa shape index (κ1) is 23.2. The van der Waals surface area contributed by atoms with E-state index in [1.165, 1.54) is 30.6 Å². The van der Waals surface area contributed by atoms with Crippen LogP contribution in [0.15, 0.2) is 54.9 Å². The van der Waals surface area contributed by atoms with E-state index in [4.69, 9.17) is 9.47 Å². The number of nitrogens with zero attached hydrogens (tertiary/aromatic N) is 3. The van der Waals surface area contributed by atoms with E-state index >= 15 is 0 Å². The monoisotopic (exact) mass is 491 g/mol. The number of carbonyl (C=O) groups excluding carboxylic acids is 3. The number of fused-ring (bicyclic) bond motifs is 1. The minimum Gasteiger partial charge on any atom is -0.454 e. The quantitative estimate of drug-likeness (QED) is 0.563. The van der Waals surface area contributed by atoms with Gasteiger partial charge in [-0.15, -0.1) is 0 Å². The van der Waals surface area contributed by atoms with Crippen LogP contribution < -0.4 is 20.1 Å². The maximum absolute atomic E-state index is 13.5. The molecule has 0 unspecified atom stereocenters. The Hall–Kier alpha value is -4.54. The summed E-state index contributed by atoms with van der Waals surface area (Å²) in [6.45, 7) is 0.912. The van der Waals surface area contributed by atoms with Gasteiger partial charge in [-0.05, 0) is 49.2 Å². The summed E-state index contributed by atoms with van der Waals surface area (Å²) < 4.78 is 24.0. The highest BCUT2D eigenvalue weighted by atomic mass is 19.1. The number of hydrogen-bond donors (Lipinski definition) is 2. The molecule has 11 heteroatoms. The molecule has 0 spiro atoms. The predicted octanol–water partition coefficient (Wildman–Crippen LogP) is 2.63. The number of piperidine rings is 1. The number of anilines is 1. The van der Waals surface area contributed by atoms with E-state index in [2.05, 4.69) is 20.6 Å². The summed E-state index contributed by atoms with van der Waals surface area (Å²) in [6, 6.07) is 10.1. The molecular formula is C25H22FN5O5. The van der Waals surface area contributed by atoms with Gasteiger partial charge in [-0.25, -0.2) is 14.4 Å². The van der Waals surface area contributed by atoms with E-state index in [-0.39, 0.29) is 30.3 Å². The third-order valence-corrected chi connectivity index (χ3v) is 5.97. The fourth-order valence-electron chi connectivity index (χ4n) is 4.10. The number of rotatable bonds is 5. The van der Waals surface area contributed by atoms with Gasteiger partial charge in [0.25, 0.3) is 17.7 Å². The molecule has 36 heavy (non-hydrogen) atoms. The number of amides is 3. The van der Waals surface area contributed by atoms with E-state index < -0.39 is 17.6 Å². The van der Waals surface area contributed by atoms with Gasteiger partial charge in [-0.1, -0.05) is 6.07 Å². The average molecular weight is 491 g/mol. The number of nitrogens with one attached hydrogen (secondary N) is 2. The molecule has 1 fully saturated rings. The van der Waals surface area contributed by atoms with Crippen molar-refractivity contribution >= 4 is 23.5 Å². The van der Waals surface area contributed by atoms with Crippen molar-refractivity contribution in [2.45, 2.75) is 18.9 Å². The second kappa shape index (κ2) is 9.98. The maximum atomic E-state index is 13.5. The highest BCUT2D eigenvalue weighted by Gasteiger charge is 2.27. The number of halogens is 1. The first-order valence-corrected chi connectivity index (χ1v) is 11.4. The van der Waals surface area contributed by atoms with E-state index in [0.717, 1.165) is 0 Å². The molecule has 0 bridgehead atoms. The minimum absolute atomic E-state index is 0.0233. The van der Waals surface area contributed by atoms with Gasteiger partial charge in [0.15, 0.2) is 23.0 Å². The van der Waals surface area contributed by atoms with Crippen molar-refractivity contribution in [1.82, 2.24) is 20.2 Å². The van der Waals surface area contributed by atoms with Gasteiger partial charge >= 0.3 is 0 Å². The molecule has 1 saturated heterocycles. The van der Waals surface area contributed by atoms with Gasteiger partial charge in [0.1, 0.15) is 5.82 Å². The highest BCUT2D eigenvalue weighted by molar-refractivity contribution is 6.07. The smallest absolute Gasteiger partial charge is 0.273 e. The number of carbonyl (C=O) groups is 3. The largest absolute Gasteiger partial charge is 0.454 e. The Kier molecular flexibility index (Phi) is 6.44. The Morgan fingerprint density at radius 3 is 2.50 bits per heavy atom. The van der Waals surface area contributed by atoms with Crippen LogP contribution in [-0.2, 0) is 0 Å². The summed E-state index contributed by atoms with van der Waals surface area (Å²) in [5.74, 6) is -0.644. The standard InChI is InChI=1S/C25H22FN5O5/c26-17-3-1-2-16(12-17)25(34)31-10-6-18(7-11-31)29-24(33)21-22(28-9-8-27-21)30-23(32)15-4-5-19-20(13-15)36-14-35-19/h1-5,8-9,12-13,18H,6-7,10-11,14H2,(H,29,33)(H,28,30,32). The van der Waals surface area contributed by atoms with Gasteiger partial charge in [-0.2, -0.15) is 0 Å². The molecule has 0 atom stereocenters. The van der Waals surface area contributed by atoms with Crippen molar-refractivity contribution < 1.29 is 28.2 Å². The number of hydrogen-bond acceptors (Lipinski definition) is 7. The first-order chi connectivity index (χ1) is 17.5. The van der Waals surface area contributed by atoms with Crippen LogP contribution in [0, 0.1) is 5.82 Å². The minimum atomic E-state index is -0.487. The van der Waals surface area contributed by atoms with Gasteiger partial charge in [-0.3, -0.25) is 14.4 Å². The summed E-state index contributed by atoms with van der Waals surface area (Å²) in [5, 5.41) is 5.53. The first-order valence-electron chi connectivity index (χ1n) is 11.4. The van der Waals surface area contributed by atoms with Crippen molar-refractivity contribution in [2.75, 3.05) is 25.2 Å². The SMILES string of the molecule is O=C(Nc1nccnc1C(=O)NC1CCN(C(=O)c2cccc(F)c2)CC1)c1ccc2c(c1)OCO2. The molecular weight excluding hydrogens is 469 g/mol. The maximum Gasteiger partial charge on any atom is 0.273 e. The summed E-state index contributed by atoms with van der Waals surface area (Å²) in [6.07, 6.45) is 3.78. The van der Waals surface area contributed by atoms with Crippen molar-refractivity contribution in [3.8, 4) is 11.5 Å². The van der Waals surface area contributed by atoms with Gasteiger partial charge in [0, 0.05) is 42.7 Å². The Balaban J connectivity index is 1.20. The van der Waals surface area contributed by atoms with E-state index in [9.17, 15) is 18.8 Å². The lowest BCUT2D eigenvalue weighted by molar-refractivity contribution is 0.0697. The molecule has 2 N–H and O–H groups in total. The molecule has 10 nitrogen and oxygen atoms in total. The van der Waals surface area contributed by atoms with Crippen molar-refractivity contribution in [3.63, 3.8) is 0 Å². The summed E-state index contributed by atoms with van der Waals surface area (Å²) in [4.78, 5) is 48.2. The second-order valence-corrected chi connectivity index (χ2v) is 8.33. The summed E-state index contributed by atoms with van der Waals surface area (Å²) in [7, 11) is 0. The molecule has 2 aromatic carbocycles. The lowest BCUT2D eigenvalue weighted by Crippen LogP contribution is -2.46. The van der Waals surface area contributed by atoms with Crippen molar-refractivity contribution in [3.05, 3.63) is 77.5 Å². The molecule has 5 rings (SSSR count). The third kappa shape index (κ3) is 4.95. The average Bonchev–Trinajstić information content (AvgIpc) is 3.37. The lowest BCUT2D eigenvalue weighted by Gasteiger charge is -2.32. The number of benzene rings is 2. The normalized spacial score (nSPS) is 14.9. The van der Waals surface area contributed by atoms with Crippen LogP contribution >= 0.6 is 0 Å². The van der Waals surface area contributed by atoms with Crippen molar-refractivity contribution in [2.24, 2.45) is 0 Å². The topological polar surface area (TPSA) is 123 Å². The number of ether oxygens (including phenoxy) is 2. The number of aromatic nitrogens is 2. The molecule has 3 heterocycles. The molecule has 2 aliphatic rings. The molecule has 0 aliphatic carbocycles. The highest BCUT2D eigenvalue weighted by Crippen LogP contribution is 2.32. The van der Waals surface area contributed by atoms with Crippen LogP contribution in [-0.4, -0.2) is 58.5 Å². The van der Waals surface area contributed by atoms with E-state index in [1.54, 1.807) is 29.2 Å². The molecule has 3 aromatic rings.